The van der Waals surface area contributed by atoms with Gasteiger partial charge in [-0.05, 0) is 50.5 Å². The van der Waals surface area contributed by atoms with E-state index in [4.69, 9.17) is 9.84 Å². The first-order valence-electron chi connectivity index (χ1n) is 6.22. The number of carbonyl (C=O) groups is 2. The molecule has 5 heteroatoms. The van der Waals surface area contributed by atoms with Crippen LogP contribution in [0.4, 0.5) is 5.69 Å². The van der Waals surface area contributed by atoms with E-state index < -0.39 is 11.6 Å². The highest BCUT2D eigenvalue weighted by Gasteiger charge is 2.37. The predicted molar refractivity (Wildman–Crippen MR) is 70.4 cm³/mol. The van der Waals surface area contributed by atoms with E-state index in [0.717, 1.165) is 6.42 Å². The summed E-state index contributed by atoms with van der Waals surface area (Å²) in [5.74, 6) is -1.16. The van der Waals surface area contributed by atoms with Gasteiger partial charge in [0, 0.05) is 12.3 Å². The molecule has 1 atom stereocenters. The minimum atomic E-state index is -0.971. The zero-order valence-electron chi connectivity index (χ0n) is 11.0. The minimum absolute atomic E-state index is 0.188. The third kappa shape index (κ3) is 2.76. The van der Waals surface area contributed by atoms with Crippen LogP contribution in [-0.4, -0.2) is 29.2 Å². The molecule has 1 fully saturated rings. The summed E-state index contributed by atoms with van der Waals surface area (Å²) < 4.78 is 5.46. The first-order valence-corrected chi connectivity index (χ1v) is 6.22. The number of aryl methyl sites for hydroxylation is 1. The summed E-state index contributed by atoms with van der Waals surface area (Å²) in [7, 11) is 0. The van der Waals surface area contributed by atoms with Gasteiger partial charge in [0.1, 0.15) is 5.60 Å². The van der Waals surface area contributed by atoms with Gasteiger partial charge in [-0.1, -0.05) is 0 Å². The Balaban J connectivity index is 2.13. The Morgan fingerprint density at radius 3 is 2.68 bits per heavy atom. The number of nitrogens with one attached hydrogen (secondary N) is 1. The number of carboxylic acids is 1. The number of anilines is 1. The van der Waals surface area contributed by atoms with Gasteiger partial charge in [0.25, 0.3) is 5.91 Å². The van der Waals surface area contributed by atoms with Gasteiger partial charge in [0.2, 0.25) is 0 Å². The summed E-state index contributed by atoms with van der Waals surface area (Å²) in [4.78, 5) is 23.0. The van der Waals surface area contributed by atoms with E-state index in [1.807, 2.05) is 0 Å². The normalized spacial score (nSPS) is 22.2. The fraction of sp³-hybridized carbons (Fsp3) is 0.429. The summed E-state index contributed by atoms with van der Waals surface area (Å²) in [5.41, 5.74) is 0.660. The standard InChI is InChI=1S/C14H17NO4/c1-9-8-10(4-5-11(9)12(16)17)15-13(18)14(2)6-3-7-19-14/h4-5,8H,3,6-7H2,1-2H3,(H,15,18)(H,16,17). The molecule has 1 aliphatic rings. The van der Waals surface area contributed by atoms with Crippen molar-refractivity contribution < 1.29 is 19.4 Å². The van der Waals surface area contributed by atoms with E-state index in [-0.39, 0.29) is 11.5 Å². The Labute approximate surface area is 111 Å². The summed E-state index contributed by atoms with van der Waals surface area (Å²) in [5, 5.41) is 11.7. The zero-order chi connectivity index (χ0) is 14.0. The summed E-state index contributed by atoms with van der Waals surface area (Å²) in [6, 6.07) is 4.73. The number of aromatic carboxylic acids is 1. The number of hydrogen-bond donors (Lipinski definition) is 2. The molecule has 0 aromatic heterocycles. The predicted octanol–water partition coefficient (Wildman–Crippen LogP) is 2.20. The van der Waals surface area contributed by atoms with E-state index in [1.165, 1.54) is 6.07 Å². The van der Waals surface area contributed by atoms with Crippen LogP contribution in [0, 0.1) is 6.92 Å². The molecule has 0 radical (unpaired) electrons. The quantitative estimate of drug-likeness (QED) is 0.876. The van der Waals surface area contributed by atoms with Gasteiger partial charge >= 0.3 is 5.97 Å². The third-order valence-electron chi connectivity index (χ3n) is 3.41. The molecular formula is C14H17NO4. The molecule has 102 valence electrons. The van der Waals surface area contributed by atoms with Crippen LogP contribution in [-0.2, 0) is 9.53 Å². The maximum absolute atomic E-state index is 12.1. The second kappa shape index (κ2) is 5.01. The van der Waals surface area contributed by atoms with Crippen molar-refractivity contribution in [1.29, 1.82) is 0 Å². The van der Waals surface area contributed by atoms with Gasteiger partial charge in [0.15, 0.2) is 0 Å². The van der Waals surface area contributed by atoms with Crippen LogP contribution in [0.25, 0.3) is 0 Å². The van der Waals surface area contributed by atoms with Gasteiger partial charge in [0.05, 0.1) is 5.56 Å². The first kappa shape index (κ1) is 13.5. The van der Waals surface area contributed by atoms with Gasteiger partial charge in [-0.3, -0.25) is 4.79 Å². The van der Waals surface area contributed by atoms with E-state index in [0.29, 0.717) is 24.3 Å². The summed E-state index contributed by atoms with van der Waals surface area (Å²) in [6.07, 6.45) is 1.58. The van der Waals surface area contributed by atoms with Crippen molar-refractivity contribution in [1.82, 2.24) is 0 Å². The number of amides is 1. The molecule has 2 N–H and O–H groups in total. The maximum atomic E-state index is 12.1. The van der Waals surface area contributed by atoms with Crippen molar-refractivity contribution in [2.24, 2.45) is 0 Å². The average Bonchev–Trinajstić information content (AvgIpc) is 2.77. The fourth-order valence-electron chi connectivity index (χ4n) is 2.20. The average molecular weight is 263 g/mol. The zero-order valence-corrected chi connectivity index (χ0v) is 11.0. The van der Waals surface area contributed by atoms with Crippen molar-refractivity contribution in [3.8, 4) is 0 Å². The molecule has 0 spiro atoms. The Bertz CT molecular complexity index is 518. The monoisotopic (exact) mass is 263 g/mol. The van der Waals surface area contributed by atoms with Crippen LogP contribution < -0.4 is 5.32 Å². The Hall–Kier alpha value is -1.88. The molecule has 1 aromatic carbocycles. The Kier molecular flexibility index (Phi) is 3.57. The van der Waals surface area contributed by atoms with Gasteiger partial charge in [-0.25, -0.2) is 4.79 Å². The maximum Gasteiger partial charge on any atom is 0.335 e. The lowest BCUT2D eigenvalue weighted by Crippen LogP contribution is -2.39. The smallest absolute Gasteiger partial charge is 0.335 e. The lowest BCUT2D eigenvalue weighted by Gasteiger charge is -2.22. The van der Waals surface area contributed by atoms with Crippen molar-refractivity contribution in [3.63, 3.8) is 0 Å². The number of benzene rings is 1. The highest BCUT2D eigenvalue weighted by Crippen LogP contribution is 2.27. The number of carboxylic acid groups (broad SMARTS) is 1. The van der Waals surface area contributed by atoms with E-state index >= 15 is 0 Å². The number of carbonyl (C=O) groups excluding carboxylic acids is 1. The number of ether oxygens (including phenoxy) is 1. The summed E-state index contributed by atoms with van der Waals surface area (Å²) >= 11 is 0. The lowest BCUT2D eigenvalue weighted by molar-refractivity contribution is -0.133. The molecule has 0 aliphatic carbocycles. The van der Waals surface area contributed by atoms with Crippen molar-refractivity contribution in [3.05, 3.63) is 29.3 Å². The number of hydrogen-bond acceptors (Lipinski definition) is 3. The molecule has 0 bridgehead atoms. The molecule has 1 saturated heterocycles. The second-order valence-electron chi connectivity index (χ2n) is 4.97. The van der Waals surface area contributed by atoms with Crippen LogP contribution in [0.2, 0.25) is 0 Å². The van der Waals surface area contributed by atoms with Crippen LogP contribution in [0.1, 0.15) is 35.7 Å². The fourth-order valence-corrected chi connectivity index (χ4v) is 2.20. The lowest BCUT2D eigenvalue weighted by atomic mass is 10.0. The molecule has 0 saturated carbocycles. The van der Waals surface area contributed by atoms with Gasteiger partial charge in [-0.15, -0.1) is 0 Å². The molecule has 1 amide bonds. The van der Waals surface area contributed by atoms with Crippen molar-refractivity contribution in [2.45, 2.75) is 32.3 Å². The minimum Gasteiger partial charge on any atom is -0.478 e. The highest BCUT2D eigenvalue weighted by molar-refractivity contribution is 5.98. The third-order valence-corrected chi connectivity index (χ3v) is 3.41. The van der Waals surface area contributed by atoms with Gasteiger partial charge in [-0.2, -0.15) is 0 Å². The molecule has 19 heavy (non-hydrogen) atoms. The SMILES string of the molecule is Cc1cc(NC(=O)C2(C)CCCO2)ccc1C(=O)O. The first-order chi connectivity index (χ1) is 8.92. The summed E-state index contributed by atoms with van der Waals surface area (Å²) in [6.45, 7) is 4.07. The molecule has 5 nitrogen and oxygen atoms in total. The van der Waals surface area contributed by atoms with E-state index in [2.05, 4.69) is 5.32 Å². The Morgan fingerprint density at radius 2 is 2.16 bits per heavy atom. The van der Waals surface area contributed by atoms with Crippen molar-refractivity contribution >= 4 is 17.6 Å². The van der Waals surface area contributed by atoms with Crippen molar-refractivity contribution in [2.75, 3.05) is 11.9 Å². The van der Waals surface area contributed by atoms with Crippen LogP contribution in [0.5, 0.6) is 0 Å². The molecule has 2 rings (SSSR count). The molecular weight excluding hydrogens is 246 g/mol. The number of rotatable bonds is 3. The topological polar surface area (TPSA) is 75.6 Å². The Morgan fingerprint density at radius 1 is 1.42 bits per heavy atom. The molecule has 1 aromatic rings. The second-order valence-corrected chi connectivity index (χ2v) is 4.97. The molecule has 1 heterocycles. The van der Waals surface area contributed by atoms with Gasteiger partial charge < -0.3 is 15.2 Å². The largest absolute Gasteiger partial charge is 0.478 e. The van der Waals surface area contributed by atoms with E-state index in [9.17, 15) is 9.59 Å². The van der Waals surface area contributed by atoms with E-state index in [1.54, 1.807) is 26.0 Å². The highest BCUT2D eigenvalue weighted by atomic mass is 16.5. The molecule has 1 unspecified atom stereocenters. The van der Waals surface area contributed by atoms with Crippen LogP contribution in [0.3, 0.4) is 0 Å². The molecule has 1 aliphatic heterocycles. The van der Waals surface area contributed by atoms with Crippen LogP contribution in [0.15, 0.2) is 18.2 Å². The van der Waals surface area contributed by atoms with Crippen LogP contribution >= 0.6 is 0 Å².